The summed E-state index contributed by atoms with van der Waals surface area (Å²) in [6, 6.07) is 3.38. The number of hydrogen-bond donors (Lipinski definition) is 2. The van der Waals surface area contributed by atoms with Gasteiger partial charge < -0.3 is 14.8 Å². The molecular weight excluding hydrogens is 446 g/mol. The van der Waals surface area contributed by atoms with Gasteiger partial charge >= 0.3 is 6.03 Å². The summed E-state index contributed by atoms with van der Waals surface area (Å²) < 4.78 is 5.07. The van der Waals surface area contributed by atoms with E-state index in [0.717, 1.165) is 10.0 Å². The highest BCUT2D eigenvalue weighted by molar-refractivity contribution is 5.97. The number of nitrogens with one attached hydrogen (secondary N) is 2. The number of carbonyl (C=O) groups is 6. The number of Topliss-reactive ketones (excluding diaryl/α,β-unsaturated/α-hetero) is 1. The Morgan fingerprint density at radius 2 is 1.88 bits per heavy atom. The molecule has 182 valence electrons. The first-order valence-electron chi connectivity index (χ1n) is 10.9. The summed E-state index contributed by atoms with van der Waals surface area (Å²) in [5.41, 5.74) is 2.77. The van der Waals surface area contributed by atoms with E-state index in [9.17, 15) is 28.8 Å². The Kier molecular flexibility index (Phi) is 7.82. The zero-order valence-electron chi connectivity index (χ0n) is 19.0. The molecule has 0 spiro atoms. The second kappa shape index (κ2) is 10.8. The van der Waals surface area contributed by atoms with Crippen molar-refractivity contribution in [3.05, 3.63) is 29.8 Å². The first-order valence-corrected chi connectivity index (χ1v) is 10.9. The minimum atomic E-state index is -1.09. The summed E-state index contributed by atoms with van der Waals surface area (Å²) in [6.45, 7) is 1.45. The first kappa shape index (κ1) is 24.7. The summed E-state index contributed by atoms with van der Waals surface area (Å²) in [4.78, 5) is 74.4. The number of ether oxygens (including phenoxy) is 1. The molecule has 12 nitrogen and oxygen atoms in total. The van der Waals surface area contributed by atoms with Crippen LogP contribution in [-0.4, -0.2) is 83.1 Å². The maximum Gasteiger partial charge on any atom is 0.358 e. The molecule has 12 heteroatoms. The molecule has 2 atom stereocenters. The van der Waals surface area contributed by atoms with Gasteiger partial charge in [-0.2, -0.15) is 0 Å². The lowest BCUT2D eigenvalue weighted by Crippen LogP contribution is -2.64. The number of hydrazine groups is 2. The van der Waals surface area contributed by atoms with Crippen molar-refractivity contribution in [3.8, 4) is 5.75 Å². The predicted octanol–water partition coefficient (Wildman–Crippen LogP) is 0.0365. The van der Waals surface area contributed by atoms with Gasteiger partial charge in [0, 0.05) is 24.9 Å². The summed E-state index contributed by atoms with van der Waals surface area (Å²) >= 11 is 0. The van der Waals surface area contributed by atoms with Gasteiger partial charge in [0.1, 0.15) is 23.9 Å². The maximum atomic E-state index is 13.4. The van der Waals surface area contributed by atoms with Crippen LogP contribution in [0.4, 0.5) is 4.79 Å². The fourth-order valence-corrected chi connectivity index (χ4v) is 3.87. The second-order valence-electron chi connectivity index (χ2n) is 8.03. The molecule has 34 heavy (non-hydrogen) atoms. The number of urea groups is 1. The van der Waals surface area contributed by atoms with E-state index in [-0.39, 0.29) is 49.6 Å². The van der Waals surface area contributed by atoms with Crippen LogP contribution in [0.2, 0.25) is 0 Å². The smallest absolute Gasteiger partial charge is 0.358 e. The number of benzene rings is 1. The van der Waals surface area contributed by atoms with Gasteiger partial charge in [-0.3, -0.25) is 24.6 Å². The normalized spacial score (nSPS) is 19.0. The van der Waals surface area contributed by atoms with Gasteiger partial charge in [0.05, 0.1) is 19.7 Å². The quantitative estimate of drug-likeness (QED) is 0.507. The zero-order chi connectivity index (χ0) is 24.8. The molecule has 2 heterocycles. The van der Waals surface area contributed by atoms with Crippen molar-refractivity contribution in [1.82, 2.24) is 25.8 Å². The van der Waals surface area contributed by atoms with Crippen LogP contribution in [0.3, 0.4) is 0 Å². The predicted molar refractivity (Wildman–Crippen MR) is 117 cm³/mol. The fraction of sp³-hybridized carbons (Fsp3) is 0.455. The van der Waals surface area contributed by atoms with E-state index in [1.807, 2.05) is 0 Å². The molecule has 0 aromatic heterocycles. The fourth-order valence-electron chi connectivity index (χ4n) is 3.87. The highest BCUT2D eigenvalue weighted by atomic mass is 16.5. The van der Waals surface area contributed by atoms with Gasteiger partial charge in [-0.05, 0) is 44.0 Å². The molecule has 2 aliphatic heterocycles. The molecule has 2 N–H and O–H groups in total. The molecule has 2 fully saturated rings. The summed E-state index contributed by atoms with van der Waals surface area (Å²) in [7, 11) is 1.50. The molecule has 5 amide bonds. The van der Waals surface area contributed by atoms with Gasteiger partial charge in [0.2, 0.25) is 11.8 Å². The van der Waals surface area contributed by atoms with Gasteiger partial charge in [-0.15, -0.1) is 0 Å². The first-order chi connectivity index (χ1) is 16.2. The number of carbonyl (C=O) groups excluding carboxylic acids is 6. The molecule has 2 aliphatic rings. The summed E-state index contributed by atoms with van der Waals surface area (Å²) in [5.74, 6) is -1.33. The van der Waals surface area contributed by atoms with Gasteiger partial charge in [0.15, 0.2) is 0 Å². The third-order valence-corrected chi connectivity index (χ3v) is 5.56. The third kappa shape index (κ3) is 5.50. The van der Waals surface area contributed by atoms with Crippen molar-refractivity contribution in [2.24, 2.45) is 0 Å². The molecule has 0 aliphatic carbocycles. The topological polar surface area (TPSA) is 145 Å². The van der Waals surface area contributed by atoms with Crippen molar-refractivity contribution >= 4 is 35.8 Å². The van der Waals surface area contributed by atoms with Gasteiger partial charge in [0.25, 0.3) is 5.91 Å². The van der Waals surface area contributed by atoms with Gasteiger partial charge in [-0.25, -0.2) is 19.8 Å². The molecule has 0 saturated carbocycles. The highest BCUT2D eigenvalue weighted by Gasteiger charge is 2.44. The average Bonchev–Trinajstić information content (AvgIpc) is 2.95. The Morgan fingerprint density at radius 3 is 2.50 bits per heavy atom. The van der Waals surface area contributed by atoms with E-state index in [1.54, 1.807) is 12.1 Å². The van der Waals surface area contributed by atoms with Crippen LogP contribution in [0, 0.1) is 0 Å². The maximum absolute atomic E-state index is 13.4. The Hall–Kier alpha value is -3.96. The minimum absolute atomic E-state index is 0.0548. The van der Waals surface area contributed by atoms with E-state index in [4.69, 9.17) is 4.74 Å². The molecular formula is C22H27N5O7. The molecule has 3 rings (SSSR count). The Balaban J connectivity index is 1.79. The largest absolute Gasteiger partial charge is 0.497 e. The van der Waals surface area contributed by atoms with Crippen molar-refractivity contribution in [2.75, 3.05) is 20.2 Å². The number of nitrogens with zero attached hydrogens (tertiary/aromatic N) is 3. The third-order valence-electron chi connectivity index (χ3n) is 5.56. The van der Waals surface area contributed by atoms with Crippen LogP contribution in [-0.2, 0) is 19.2 Å². The monoisotopic (exact) mass is 473 g/mol. The summed E-state index contributed by atoms with van der Waals surface area (Å²) in [6.07, 6.45) is 0.928. The van der Waals surface area contributed by atoms with Crippen molar-refractivity contribution in [3.63, 3.8) is 0 Å². The van der Waals surface area contributed by atoms with Crippen LogP contribution < -0.4 is 15.5 Å². The van der Waals surface area contributed by atoms with Gasteiger partial charge in [-0.1, -0.05) is 0 Å². The Bertz CT molecular complexity index is 980. The summed E-state index contributed by atoms with van der Waals surface area (Å²) in [5, 5.41) is 5.71. The molecule has 1 aromatic carbocycles. The number of aldehydes is 1. The number of hydrogen-bond acceptors (Lipinski definition) is 7. The van der Waals surface area contributed by atoms with E-state index >= 15 is 0 Å². The lowest BCUT2D eigenvalue weighted by molar-refractivity contribution is -0.155. The van der Waals surface area contributed by atoms with E-state index in [0.29, 0.717) is 18.5 Å². The van der Waals surface area contributed by atoms with Crippen LogP contribution in [0.5, 0.6) is 5.75 Å². The number of rotatable bonds is 8. The highest BCUT2D eigenvalue weighted by Crippen LogP contribution is 2.24. The number of methoxy groups -OCH3 is 1. The molecule has 2 saturated heterocycles. The minimum Gasteiger partial charge on any atom is -0.497 e. The molecule has 0 radical (unpaired) electrons. The number of ketones is 1. The lowest BCUT2D eigenvalue weighted by atomic mass is 10.1. The van der Waals surface area contributed by atoms with E-state index < -0.39 is 29.9 Å². The number of fused-ring (bicyclic) bond motifs is 1. The Morgan fingerprint density at radius 1 is 1.18 bits per heavy atom. The van der Waals surface area contributed by atoms with E-state index in [1.165, 1.54) is 31.2 Å². The average molecular weight is 473 g/mol. The van der Waals surface area contributed by atoms with Crippen LogP contribution >= 0.6 is 0 Å². The number of amides is 5. The molecule has 0 bridgehead atoms. The molecule has 1 aromatic rings. The van der Waals surface area contributed by atoms with E-state index in [2.05, 4.69) is 10.7 Å². The molecule has 2 unspecified atom stereocenters. The SMILES string of the molecule is COc1ccc(C(=O)NN2CCC(=O)N3CCCC(C(=O)NC(C=O)CC(C)=O)N3C2=O)cc1. The lowest BCUT2D eigenvalue weighted by Gasteiger charge is -2.43. The van der Waals surface area contributed by atoms with Crippen molar-refractivity contribution in [2.45, 2.75) is 44.7 Å². The zero-order valence-corrected chi connectivity index (χ0v) is 19.0. The van der Waals surface area contributed by atoms with Crippen molar-refractivity contribution < 1.29 is 33.5 Å². The van der Waals surface area contributed by atoms with Crippen LogP contribution in [0.25, 0.3) is 0 Å². The van der Waals surface area contributed by atoms with Crippen LogP contribution in [0.1, 0.15) is 43.0 Å². The van der Waals surface area contributed by atoms with Crippen LogP contribution in [0.15, 0.2) is 24.3 Å². The van der Waals surface area contributed by atoms with Crippen molar-refractivity contribution in [1.29, 1.82) is 0 Å². The Labute approximate surface area is 196 Å². The second-order valence-corrected chi connectivity index (χ2v) is 8.03. The standard InChI is InChI=1S/C22H27N5O7/c1-14(29)12-16(13-28)23-21(32)18-4-3-10-26-19(30)9-11-25(22(33)27(18)26)24-20(31)15-5-7-17(34-2)8-6-15/h5-8,13,16,18H,3-4,9-12H2,1-2H3,(H,23,32)(H,24,31).